The van der Waals surface area contributed by atoms with Gasteiger partial charge in [-0.3, -0.25) is 4.90 Å². The number of carbonyl (C=O) groups is 2. The first-order chi connectivity index (χ1) is 30.8. The van der Waals surface area contributed by atoms with Gasteiger partial charge in [0.2, 0.25) is 5.88 Å². The number of nitrogens with zero attached hydrogens (tertiary/aromatic N) is 6. The number of carboxylic acids is 2. The predicted octanol–water partition coefficient (Wildman–Crippen LogP) is 6.73. The lowest BCUT2D eigenvalue weighted by Gasteiger charge is -2.34. The van der Waals surface area contributed by atoms with Gasteiger partial charge in [0.1, 0.15) is 25.1 Å². The average Bonchev–Trinajstić information content (AvgIpc) is 3.80. The van der Waals surface area contributed by atoms with Crippen molar-refractivity contribution in [2.24, 2.45) is 0 Å². The fourth-order valence-corrected chi connectivity index (χ4v) is 7.48. The van der Waals surface area contributed by atoms with Crippen molar-refractivity contribution >= 4 is 17.6 Å². The van der Waals surface area contributed by atoms with Crippen LogP contribution in [0.1, 0.15) is 60.1 Å². The summed E-state index contributed by atoms with van der Waals surface area (Å²) in [5.74, 6) is -1.95. The summed E-state index contributed by atoms with van der Waals surface area (Å²) in [5.41, 5.74) is 5.52. The number of aliphatic carboxylic acids is 2. The number of fused-ring (bicyclic) bond motifs is 1. The molecule has 4 aromatic carbocycles. The molecule has 0 spiro atoms. The van der Waals surface area contributed by atoms with Crippen molar-refractivity contribution in [1.82, 2.24) is 29.6 Å². The van der Waals surface area contributed by atoms with Crippen LogP contribution in [-0.4, -0.2) is 122 Å². The standard InChI is InChI=1S/C25H27N5O2.C20H25NO2.C4H4O4/c1-3-7-20(8-4-1)25(21-9-5-2-6-10-21)32-22-13-15-29(16-14-22)17-18-31-24-12-11-23-26-19-27-30(23)28-24;22-16-15-21-13-11-19(12-14-21)23-20(17-7-3-1-4-8-17)18-9-5-2-6-10-18;5-3(6)1-2-4(7)8/h1-12,19,22,25H,13-18H2;1-10,19-20,22H,11-16H2;1-2H,(H,5,6)(H,7,8). The molecule has 8 rings (SSSR count). The summed E-state index contributed by atoms with van der Waals surface area (Å²) < 4.78 is 20.4. The van der Waals surface area contributed by atoms with E-state index in [1.807, 2.05) is 36.4 Å². The Morgan fingerprint density at radius 1 is 0.603 bits per heavy atom. The summed E-state index contributed by atoms with van der Waals surface area (Å²) in [7, 11) is 0. The normalized spacial score (nSPS) is 15.2. The minimum atomic E-state index is -1.26. The quantitative estimate of drug-likeness (QED) is 0.0876. The number of hydrogen-bond donors (Lipinski definition) is 3. The molecule has 330 valence electrons. The maximum absolute atomic E-state index is 9.55. The lowest BCUT2D eigenvalue weighted by atomic mass is 10.00. The molecule has 0 bridgehead atoms. The first-order valence-corrected chi connectivity index (χ1v) is 21.3. The fourth-order valence-electron chi connectivity index (χ4n) is 7.48. The third-order valence-electron chi connectivity index (χ3n) is 10.7. The first-order valence-electron chi connectivity index (χ1n) is 21.3. The molecular formula is C49H56N6O8. The van der Waals surface area contributed by atoms with E-state index < -0.39 is 11.9 Å². The number of aromatic nitrogens is 4. The number of rotatable bonds is 16. The van der Waals surface area contributed by atoms with Crippen LogP contribution in [0.25, 0.3) is 5.65 Å². The highest BCUT2D eigenvalue weighted by Crippen LogP contribution is 2.31. The van der Waals surface area contributed by atoms with Crippen molar-refractivity contribution in [3.8, 4) is 5.88 Å². The van der Waals surface area contributed by atoms with Crippen molar-refractivity contribution in [2.45, 2.75) is 50.1 Å². The van der Waals surface area contributed by atoms with E-state index in [0.29, 0.717) is 30.3 Å². The molecule has 0 aliphatic carbocycles. The Balaban J connectivity index is 0.000000186. The highest BCUT2D eigenvalue weighted by Gasteiger charge is 2.26. The molecule has 63 heavy (non-hydrogen) atoms. The molecule has 14 nitrogen and oxygen atoms in total. The van der Waals surface area contributed by atoms with Crippen LogP contribution in [0.4, 0.5) is 0 Å². The number of ether oxygens (including phenoxy) is 3. The van der Waals surface area contributed by atoms with Gasteiger partial charge < -0.3 is 34.4 Å². The van der Waals surface area contributed by atoms with Crippen LogP contribution in [-0.2, 0) is 19.1 Å². The Morgan fingerprint density at radius 3 is 1.41 bits per heavy atom. The molecule has 2 saturated heterocycles. The second-order valence-electron chi connectivity index (χ2n) is 15.1. The molecule has 0 amide bonds. The molecule has 2 aliphatic rings. The molecule has 2 fully saturated rings. The third kappa shape index (κ3) is 15.2. The molecule has 2 aromatic heterocycles. The smallest absolute Gasteiger partial charge is 0.328 e. The molecule has 14 heteroatoms. The molecular weight excluding hydrogens is 801 g/mol. The van der Waals surface area contributed by atoms with E-state index in [1.54, 1.807) is 0 Å². The predicted molar refractivity (Wildman–Crippen MR) is 238 cm³/mol. The van der Waals surface area contributed by atoms with E-state index in [-0.39, 0.29) is 31.0 Å². The SMILES string of the molecule is O=C(O)C=CC(=O)O.OCCN1CCC(OC(c2ccccc2)c2ccccc2)CC1.c1ccc(C(OC2CCN(CCOc3ccc4ncnn4n3)CC2)c2ccccc2)cc1. The Morgan fingerprint density at radius 2 is 1.02 bits per heavy atom. The maximum atomic E-state index is 9.55. The van der Waals surface area contributed by atoms with Gasteiger partial charge in [-0.25, -0.2) is 14.6 Å². The molecule has 0 radical (unpaired) electrons. The number of β-amino-alcohol motifs (C(OH)–C–C–N with tert-alkyl or cyclic N) is 1. The lowest BCUT2D eigenvalue weighted by molar-refractivity contribution is -0.134. The largest absolute Gasteiger partial charge is 0.478 e. The van der Waals surface area contributed by atoms with E-state index >= 15 is 0 Å². The number of benzene rings is 4. The Labute approximate surface area is 368 Å². The van der Waals surface area contributed by atoms with Gasteiger partial charge in [-0.1, -0.05) is 121 Å². The summed E-state index contributed by atoms with van der Waals surface area (Å²) >= 11 is 0. The minimum absolute atomic E-state index is 0.00760. The zero-order valence-corrected chi connectivity index (χ0v) is 35.3. The van der Waals surface area contributed by atoms with Crippen LogP contribution in [0.5, 0.6) is 5.88 Å². The monoisotopic (exact) mass is 856 g/mol. The van der Waals surface area contributed by atoms with Crippen LogP contribution in [0.3, 0.4) is 0 Å². The molecule has 0 atom stereocenters. The van der Waals surface area contributed by atoms with Gasteiger partial charge in [-0.2, -0.15) is 0 Å². The van der Waals surface area contributed by atoms with Crippen molar-refractivity contribution < 1.29 is 39.1 Å². The van der Waals surface area contributed by atoms with Crippen molar-refractivity contribution in [1.29, 1.82) is 0 Å². The number of likely N-dealkylation sites (tertiary alicyclic amines) is 2. The maximum Gasteiger partial charge on any atom is 0.328 e. The van der Waals surface area contributed by atoms with Gasteiger partial charge in [-0.05, 0) is 54.0 Å². The fraction of sp³-hybridized carbons (Fsp3) is 0.327. The van der Waals surface area contributed by atoms with Gasteiger partial charge in [-0.15, -0.1) is 14.8 Å². The van der Waals surface area contributed by atoms with Crippen LogP contribution in [0, 0.1) is 0 Å². The molecule has 0 unspecified atom stereocenters. The topological polar surface area (TPSA) is 172 Å². The van der Waals surface area contributed by atoms with E-state index in [0.717, 1.165) is 65.0 Å². The zero-order chi connectivity index (χ0) is 44.1. The number of carboxylic acid groups (broad SMARTS) is 2. The summed E-state index contributed by atoms with van der Waals surface area (Å²) in [5, 5.41) is 33.0. The van der Waals surface area contributed by atoms with E-state index in [4.69, 9.17) is 29.5 Å². The van der Waals surface area contributed by atoms with Crippen LogP contribution in [0.2, 0.25) is 0 Å². The molecule has 0 saturated carbocycles. The number of piperidine rings is 2. The molecule has 2 aliphatic heterocycles. The van der Waals surface area contributed by atoms with E-state index in [2.05, 4.69) is 122 Å². The van der Waals surface area contributed by atoms with Crippen LogP contribution in [0.15, 0.2) is 152 Å². The van der Waals surface area contributed by atoms with Crippen molar-refractivity contribution in [3.63, 3.8) is 0 Å². The third-order valence-corrected chi connectivity index (χ3v) is 10.7. The number of aliphatic hydroxyl groups is 1. The average molecular weight is 857 g/mol. The van der Waals surface area contributed by atoms with Gasteiger partial charge in [0.05, 0.1) is 18.8 Å². The summed E-state index contributed by atoms with van der Waals surface area (Å²) in [6, 6.07) is 45.6. The highest BCUT2D eigenvalue weighted by molar-refractivity contribution is 5.89. The Bertz CT molecular complexity index is 2150. The number of aliphatic hydroxyl groups excluding tert-OH is 1. The molecule has 6 aromatic rings. The zero-order valence-electron chi connectivity index (χ0n) is 35.3. The second-order valence-corrected chi connectivity index (χ2v) is 15.1. The molecule has 4 heterocycles. The Kier molecular flexibility index (Phi) is 18.3. The summed E-state index contributed by atoms with van der Waals surface area (Å²) in [6.45, 7) is 6.47. The van der Waals surface area contributed by atoms with Gasteiger partial charge in [0.15, 0.2) is 5.65 Å². The highest BCUT2D eigenvalue weighted by atomic mass is 16.5. The molecule has 3 N–H and O–H groups in total. The second kappa shape index (κ2) is 25.0. The van der Waals surface area contributed by atoms with E-state index in [9.17, 15) is 9.59 Å². The minimum Gasteiger partial charge on any atom is -0.478 e. The van der Waals surface area contributed by atoms with Gasteiger partial charge >= 0.3 is 11.9 Å². The summed E-state index contributed by atoms with van der Waals surface area (Å²) in [4.78, 5) is 27.9. The van der Waals surface area contributed by atoms with E-state index in [1.165, 1.54) is 33.2 Å². The van der Waals surface area contributed by atoms with Crippen molar-refractivity contribution in [2.75, 3.05) is 52.5 Å². The van der Waals surface area contributed by atoms with Gasteiger partial charge in [0.25, 0.3) is 0 Å². The number of hydrogen-bond acceptors (Lipinski definition) is 11. The van der Waals surface area contributed by atoms with Crippen LogP contribution < -0.4 is 4.74 Å². The first kappa shape index (κ1) is 46.2. The lowest BCUT2D eigenvalue weighted by Crippen LogP contribution is -2.39. The summed E-state index contributed by atoms with van der Waals surface area (Å²) in [6.07, 6.45) is 7.15. The van der Waals surface area contributed by atoms with Gasteiger partial charge in [0, 0.05) is 57.5 Å². The van der Waals surface area contributed by atoms with Crippen LogP contribution >= 0.6 is 0 Å². The Hall–Kier alpha value is -6.29. The van der Waals surface area contributed by atoms with Crippen molar-refractivity contribution in [3.05, 3.63) is 174 Å².